The molecular weight excluding hydrogens is 194 g/mol. The van der Waals surface area contributed by atoms with Crippen LogP contribution in [0.1, 0.15) is 26.2 Å². The normalized spacial score (nSPS) is 35.6. The third-order valence-electron chi connectivity index (χ3n) is 3.45. The Kier molecular flexibility index (Phi) is 3.74. The van der Waals surface area contributed by atoms with Gasteiger partial charge in [0.1, 0.15) is 0 Å². The van der Waals surface area contributed by atoms with Crippen LogP contribution < -0.4 is 0 Å². The maximum atomic E-state index is 5.79. The number of nitrogens with zero attached hydrogens (tertiary/aromatic N) is 1. The maximum Gasteiger partial charge on any atom is 0.0730 e. The molecule has 2 aliphatic rings. The molecule has 0 aromatic heterocycles. The van der Waals surface area contributed by atoms with E-state index in [1.807, 2.05) is 0 Å². The maximum absolute atomic E-state index is 5.79. The van der Waals surface area contributed by atoms with Gasteiger partial charge < -0.3 is 4.74 Å². The van der Waals surface area contributed by atoms with Gasteiger partial charge in [-0.15, -0.1) is 0 Å². The third kappa shape index (κ3) is 2.26. The summed E-state index contributed by atoms with van der Waals surface area (Å²) in [6, 6.07) is 0.714. The van der Waals surface area contributed by atoms with Gasteiger partial charge in [0.2, 0.25) is 0 Å². The molecule has 3 atom stereocenters. The largest absolute Gasteiger partial charge is 0.375 e. The summed E-state index contributed by atoms with van der Waals surface area (Å²) in [6.45, 7) is 5.54. The standard InChI is InChI=1S/C11H21NOS/c1-9(8-14)7-12-5-6-13-11-4-2-3-10(11)12/h9-11,14H,2-8H2,1H3. The van der Waals surface area contributed by atoms with E-state index in [1.165, 1.54) is 25.8 Å². The lowest BCUT2D eigenvalue weighted by Crippen LogP contribution is -2.50. The predicted octanol–water partition coefficient (Wildman–Crippen LogP) is 1.81. The van der Waals surface area contributed by atoms with E-state index in [2.05, 4.69) is 24.5 Å². The Hall–Kier alpha value is 0.270. The van der Waals surface area contributed by atoms with Gasteiger partial charge in [-0.3, -0.25) is 4.90 Å². The lowest BCUT2D eigenvalue weighted by atomic mass is 10.1. The summed E-state index contributed by atoms with van der Waals surface area (Å²) in [5.74, 6) is 1.70. The number of ether oxygens (including phenoxy) is 1. The van der Waals surface area contributed by atoms with Crippen molar-refractivity contribution in [2.24, 2.45) is 5.92 Å². The Morgan fingerprint density at radius 3 is 3.14 bits per heavy atom. The molecule has 14 heavy (non-hydrogen) atoms. The molecule has 1 heterocycles. The second kappa shape index (κ2) is 4.86. The zero-order chi connectivity index (χ0) is 9.97. The van der Waals surface area contributed by atoms with E-state index in [4.69, 9.17) is 4.74 Å². The first-order chi connectivity index (χ1) is 6.81. The first-order valence-electron chi connectivity index (χ1n) is 5.77. The fourth-order valence-corrected chi connectivity index (χ4v) is 2.81. The first kappa shape index (κ1) is 10.8. The van der Waals surface area contributed by atoms with Crippen molar-refractivity contribution in [2.75, 3.05) is 25.4 Å². The summed E-state index contributed by atoms with van der Waals surface area (Å²) >= 11 is 4.35. The topological polar surface area (TPSA) is 12.5 Å². The van der Waals surface area contributed by atoms with Gasteiger partial charge in [-0.1, -0.05) is 6.92 Å². The molecule has 1 aliphatic heterocycles. The van der Waals surface area contributed by atoms with E-state index >= 15 is 0 Å². The minimum Gasteiger partial charge on any atom is -0.375 e. The Balaban J connectivity index is 1.90. The van der Waals surface area contributed by atoms with Crippen LogP contribution in [-0.2, 0) is 4.74 Å². The molecule has 0 aromatic carbocycles. The summed E-state index contributed by atoms with van der Waals surface area (Å²) in [4.78, 5) is 2.63. The zero-order valence-corrected chi connectivity index (χ0v) is 9.88. The van der Waals surface area contributed by atoms with Crippen molar-refractivity contribution < 1.29 is 4.74 Å². The molecule has 3 unspecified atom stereocenters. The smallest absolute Gasteiger partial charge is 0.0730 e. The summed E-state index contributed by atoms with van der Waals surface area (Å²) < 4.78 is 5.79. The van der Waals surface area contributed by atoms with Gasteiger partial charge in [0, 0.05) is 19.1 Å². The molecule has 0 spiro atoms. The van der Waals surface area contributed by atoms with Gasteiger partial charge in [0.05, 0.1) is 12.7 Å². The second-order valence-electron chi connectivity index (χ2n) is 4.69. The quantitative estimate of drug-likeness (QED) is 0.721. The van der Waals surface area contributed by atoms with Crippen LogP contribution in [-0.4, -0.2) is 42.5 Å². The van der Waals surface area contributed by atoms with E-state index in [-0.39, 0.29) is 0 Å². The van der Waals surface area contributed by atoms with E-state index in [0.29, 0.717) is 18.1 Å². The van der Waals surface area contributed by atoms with Gasteiger partial charge in [-0.25, -0.2) is 0 Å². The van der Waals surface area contributed by atoms with Crippen LogP contribution >= 0.6 is 12.6 Å². The minimum atomic E-state index is 0.538. The van der Waals surface area contributed by atoms with Crippen molar-refractivity contribution in [3.63, 3.8) is 0 Å². The van der Waals surface area contributed by atoms with E-state index in [9.17, 15) is 0 Å². The highest BCUT2D eigenvalue weighted by atomic mass is 32.1. The molecule has 0 amide bonds. The van der Waals surface area contributed by atoms with Crippen LogP contribution in [0.5, 0.6) is 0 Å². The zero-order valence-electron chi connectivity index (χ0n) is 8.98. The van der Waals surface area contributed by atoms with Gasteiger partial charge in [0.25, 0.3) is 0 Å². The highest BCUT2D eigenvalue weighted by Crippen LogP contribution is 2.30. The minimum absolute atomic E-state index is 0.538. The molecule has 3 heteroatoms. The van der Waals surface area contributed by atoms with E-state index in [0.717, 1.165) is 18.9 Å². The molecule has 0 bridgehead atoms. The predicted molar refractivity (Wildman–Crippen MR) is 62.0 cm³/mol. The SMILES string of the molecule is CC(CS)CN1CCOC2CCCC21. The molecule has 0 aromatic rings. The lowest BCUT2D eigenvalue weighted by Gasteiger charge is -2.38. The second-order valence-corrected chi connectivity index (χ2v) is 5.06. The first-order valence-corrected chi connectivity index (χ1v) is 6.41. The van der Waals surface area contributed by atoms with Crippen LogP contribution in [0.4, 0.5) is 0 Å². The highest BCUT2D eigenvalue weighted by Gasteiger charge is 2.35. The Morgan fingerprint density at radius 2 is 2.36 bits per heavy atom. The number of hydrogen-bond acceptors (Lipinski definition) is 3. The van der Waals surface area contributed by atoms with Crippen LogP contribution in [0.3, 0.4) is 0 Å². The summed E-state index contributed by atoms with van der Waals surface area (Å²) in [5.41, 5.74) is 0. The van der Waals surface area contributed by atoms with Crippen LogP contribution in [0.25, 0.3) is 0 Å². The molecule has 1 saturated carbocycles. The average molecular weight is 215 g/mol. The van der Waals surface area contributed by atoms with Crippen molar-refractivity contribution in [3.8, 4) is 0 Å². The van der Waals surface area contributed by atoms with Crippen molar-refractivity contribution in [2.45, 2.75) is 38.3 Å². The molecule has 2 fully saturated rings. The van der Waals surface area contributed by atoms with Gasteiger partial charge in [-0.05, 0) is 30.9 Å². The number of fused-ring (bicyclic) bond motifs is 1. The molecular formula is C11H21NOS. The average Bonchev–Trinajstić information content (AvgIpc) is 2.66. The molecule has 1 aliphatic carbocycles. The van der Waals surface area contributed by atoms with Gasteiger partial charge in [0.15, 0.2) is 0 Å². The van der Waals surface area contributed by atoms with Crippen LogP contribution in [0, 0.1) is 5.92 Å². The molecule has 82 valence electrons. The molecule has 2 rings (SSSR count). The van der Waals surface area contributed by atoms with Crippen LogP contribution in [0.15, 0.2) is 0 Å². The number of thiol groups is 1. The third-order valence-corrected chi connectivity index (χ3v) is 4.08. The van der Waals surface area contributed by atoms with E-state index < -0.39 is 0 Å². The van der Waals surface area contributed by atoms with E-state index in [1.54, 1.807) is 0 Å². The highest BCUT2D eigenvalue weighted by molar-refractivity contribution is 7.80. The fraction of sp³-hybridized carbons (Fsp3) is 1.00. The number of rotatable bonds is 3. The lowest BCUT2D eigenvalue weighted by molar-refractivity contribution is -0.0586. The molecule has 0 N–H and O–H groups in total. The Labute approximate surface area is 92.4 Å². The molecule has 2 nitrogen and oxygen atoms in total. The van der Waals surface area contributed by atoms with Crippen LogP contribution in [0.2, 0.25) is 0 Å². The molecule has 0 radical (unpaired) electrons. The Morgan fingerprint density at radius 1 is 1.50 bits per heavy atom. The monoisotopic (exact) mass is 215 g/mol. The summed E-state index contributed by atoms with van der Waals surface area (Å²) in [5, 5.41) is 0. The van der Waals surface area contributed by atoms with Crippen molar-refractivity contribution in [3.05, 3.63) is 0 Å². The van der Waals surface area contributed by atoms with Crippen molar-refractivity contribution in [1.29, 1.82) is 0 Å². The van der Waals surface area contributed by atoms with Crippen molar-refractivity contribution >= 4 is 12.6 Å². The summed E-state index contributed by atoms with van der Waals surface area (Å²) in [6.07, 6.45) is 4.50. The number of morpholine rings is 1. The Bertz CT molecular complexity index is 188. The molecule has 1 saturated heterocycles. The number of hydrogen-bond donors (Lipinski definition) is 1. The van der Waals surface area contributed by atoms with Gasteiger partial charge >= 0.3 is 0 Å². The fourth-order valence-electron chi connectivity index (χ4n) is 2.69. The summed E-state index contributed by atoms with van der Waals surface area (Å²) in [7, 11) is 0. The van der Waals surface area contributed by atoms with Gasteiger partial charge in [-0.2, -0.15) is 12.6 Å². The van der Waals surface area contributed by atoms with Crippen molar-refractivity contribution in [1.82, 2.24) is 4.90 Å².